The van der Waals surface area contributed by atoms with Crippen molar-refractivity contribution in [2.45, 2.75) is 13.8 Å². The van der Waals surface area contributed by atoms with E-state index in [-0.39, 0.29) is 0 Å². The van der Waals surface area contributed by atoms with Crippen molar-refractivity contribution in [2.75, 3.05) is 4.90 Å². The zero-order chi connectivity index (χ0) is 42.3. The van der Waals surface area contributed by atoms with Gasteiger partial charge in [0.05, 0.1) is 11.0 Å². The van der Waals surface area contributed by atoms with Crippen LogP contribution in [0.3, 0.4) is 0 Å². The van der Waals surface area contributed by atoms with Crippen molar-refractivity contribution in [3.8, 4) is 39.1 Å². The number of anilines is 3. The van der Waals surface area contributed by atoms with Gasteiger partial charge in [-0.05, 0) is 120 Å². The van der Waals surface area contributed by atoms with Gasteiger partial charge < -0.3 is 13.9 Å². The first kappa shape index (κ1) is 37.8. The van der Waals surface area contributed by atoms with Gasteiger partial charge in [-0.1, -0.05) is 164 Å². The van der Waals surface area contributed by atoms with Crippen molar-refractivity contribution in [3.05, 3.63) is 241 Å². The number of hydrogen-bond donors (Lipinski definition) is 0. The molecule has 0 saturated carbocycles. The Morgan fingerprint density at radius 2 is 0.937 bits per heavy atom. The van der Waals surface area contributed by atoms with Crippen molar-refractivity contribution in [1.82, 2.24) is 4.57 Å². The average Bonchev–Trinajstić information content (AvgIpc) is 3.91. The molecule has 0 bridgehead atoms. The number of nitrogens with zero attached hydrogens (tertiary/aromatic N) is 2. The lowest BCUT2D eigenvalue weighted by Gasteiger charge is -2.26. The number of rotatable bonds is 8. The molecule has 3 heteroatoms. The van der Waals surface area contributed by atoms with Gasteiger partial charge in [0.2, 0.25) is 0 Å². The van der Waals surface area contributed by atoms with E-state index in [2.05, 4.69) is 254 Å². The quantitative estimate of drug-likeness (QED) is 0.152. The maximum absolute atomic E-state index is 6.99. The van der Waals surface area contributed by atoms with E-state index in [9.17, 15) is 0 Å². The Hall–Kier alpha value is -8.14. The Kier molecular flexibility index (Phi) is 9.63. The number of para-hydroxylation sites is 3. The molecular formula is C60H44N2O. The standard InChI is InChI=1S/C60H44N2O/c1-3-52-55-24-15-23-53(47-32-39-58-56(40-47)54-22-13-14-25-57(54)62(58)48-20-11-6-12-21-48)60(55)63-59(52)41(2)42-26-33-49(34-27-42)61(50-35-28-45(29-36-50)43-16-7-4-8-17-43)51-37-30-46(31-38-51)44-18-9-5-10-19-44/h3-40H,1-2H3/b52-3?,59-41-. The van der Waals surface area contributed by atoms with Crippen molar-refractivity contribution < 1.29 is 4.42 Å². The van der Waals surface area contributed by atoms with Crippen LogP contribution in [0.2, 0.25) is 0 Å². The molecule has 0 saturated heterocycles. The molecule has 2 heterocycles. The first-order valence-electron chi connectivity index (χ1n) is 21.6. The van der Waals surface area contributed by atoms with Gasteiger partial charge >= 0.3 is 0 Å². The molecule has 2 aromatic heterocycles. The van der Waals surface area contributed by atoms with Crippen molar-refractivity contribution >= 4 is 61.5 Å². The van der Waals surface area contributed by atoms with E-state index in [0.717, 1.165) is 66.6 Å². The summed E-state index contributed by atoms with van der Waals surface area (Å²) in [6.07, 6.45) is 2.18. The molecule has 0 aliphatic carbocycles. The summed E-state index contributed by atoms with van der Waals surface area (Å²) in [5, 5.41) is 4.66. The van der Waals surface area contributed by atoms with Gasteiger partial charge in [0.1, 0.15) is 11.0 Å². The summed E-state index contributed by atoms with van der Waals surface area (Å²) in [4.78, 5) is 2.33. The topological polar surface area (TPSA) is 21.3 Å². The molecule has 0 unspecified atom stereocenters. The molecule has 11 aromatic rings. The van der Waals surface area contributed by atoms with Crippen molar-refractivity contribution in [2.24, 2.45) is 0 Å². The summed E-state index contributed by atoms with van der Waals surface area (Å²) in [5.74, 6) is 0. The van der Waals surface area contributed by atoms with Crippen LogP contribution >= 0.6 is 0 Å². The van der Waals surface area contributed by atoms with E-state index in [1.807, 2.05) is 0 Å². The smallest absolute Gasteiger partial charge is 0.143 e. The highest BCUT2D eigenvalue weighted by molar-refractivity contribution is 6.11. The number of benzene rings is 9. The summed E-state index contributed by atoms with van der Waals surface area (Å²) >= 11 is 0. The minimum Gasteiger partial charge on any atom is -0.455 e. The Morgan fingerprint density at radius 3 is 1.54 bits per heavy atom. The molecule has 0 fully saturated rings. The first-order chi connectivity index (χ1) is 31.1. The summed E-state index contributed by atoms with van der Waals surface area (Å²) in [6.45, 7) is 4.28. The summed E-state index contributed by atoms with van der Waals surface area (Å²) in [5.41, 5.74) is 17.7. The zero-order valence-corrected chi connectivity index (χ0v) is 35.2. The van der Waals surface area contributed by atoms with Crippen LogP contribution in [0.25, 0.3) is 83.5 Å². The SMILES string of the molecule is CC=c1/c(=C(\C)c2ccc(N(c3ccc(-c4ccccc4)cc3)c3ccc(-c4ccccc4)cc3)cc2)oc2c(-c3ccc4c(c3)c3ccccc3n4-c3ccccc3)cccc12. The molecule has 0 atom stereocenters. The summed E-state index contributed by atoms with van der Waals surface area (Å²) in [7, 11) is 0. The normalized spacial score (nSPS) is 12.3. The van der Waals surface area contributed by atoms with Crippen LogP contribution < -0.4 is 15.5 Å². The maximum Gasteiger partial charge on any atom is 0.143 e. The molecule has 0 N–H and O–H groups in total. The van der Waals surface area contributed by atoms with Gasteiger partial charge in [-0.25, -0.2) is 0 Å². The zero-order valence-electron chi connectivity index (χ0n) is 35.2. The lowest BCUT2D eigenvalue weighted by atomic mass is 10.0. The predicted octanol–water partition coefficient (Wildman–Crippen LogP) is 15.0. The van der Waals surface area contributed by atoms with Crippen LogP contribution in [0.5, 0.6) is 0 Å². The maximum atomic E-state index is 6.99. The highest BCUT2D eigenvalue weighted by atomic mass is 16.3. The van der Waals surface area contributed by atoms with Crippen LogP contribution in [0.1, 0.15) is 19.4 Å². The Bertz CT molecular complexity index is 3450. The molecule has 0 spiro atoms. The van der Waals surface area contributed by atoms with Gasteiger partial charge in [0.15, 0.2) is 0 Å². The predicted molar refractivity (Wildman–Crippen MR) is 266 cm³/mol. The second kappa shape index (κ2) is 16.0. The molecule has 300 valence electrons. The van der Waals surface area contributed by atoms with Crippen LogP contribution in [-0.4, -0.2) is 4.57 Å². The molecule has 0 radical (unpaired) electrons. The first-order valence-corrected chi connectivity index (χ1v) is 21.6. The summed E-state index contributed by atoms with van der Waals surface area (Å²) < 4.78 is 9.35. The van der Waals surface area contributed by atoms with Crippen LogP contribution in [0.4, 0.5) is 17.1 Å². The molecule has 0 aliphatic rings. The number of hydrogen-bond acceptors (Lipinski definition) is 2. The van der Waals surface area contributed by atoms with E-state index in [0.29, 0.717) is 0 Å². The Labute approximate surface area is 367 Å². The van der Waals surface area contributed by atoms with Gasteiger partial charge in [-0.15, -0.1) is 0 Å². The fourth-order valence-corrected chi connectivity index (χ4v) is 9.23. The van der Waals surface area contributed by atoms with Gasteiger partial charge in [0.25, 0.3) is 0 Å². The Balaban J connectivity index is 0.988. The number of furan rings is 1. The average molecular weight is 809 g/mol. The molecule has 9 aromatic carbocycles. The second-order valence-corrected chi connectivity index (χ2v) is 16.1. The van der Waals surface area contributed by atoms with Crippen LogP contribution in [-0.2, 0) is 0 Å². The van der Waals surface area contributed by atoms with Gasteiger partial charge in [0, 0.05) is 49.7 Å². The van der Waals surface area contributed by atoms with Crippen LogP contribution in [0, 0.1) is 0 Å². The lowest BCUT2D eigenvalue weighted by molar-refractivity contribution is 0.573. The third kappa shape index (κ3) is 6.81. The number of aromatic nitrogens is 1. The fraction of sp³-hybridized carbons (Fsp3) is 0.0333. The third-order valence-electron chi connectivity index (χ3n) is 12.4. The minimum absolute atomic E-state index is 0.888. The highest BCUT2D eigenvalue weighted by Crippen LogP contribution is 2.39. The van der Waals surface area contributed by atoms with E-state index >= 15 is 0 Å². The van der Waals surface area contributed by atoms with E-state index in [4.69, 9.17) is 4.42 Å². The summed E-state index contributed by atoms with van der Waals surface area (Å²) in [6, 6.07) is 80.3. The molecular weight excluding hydrogens is 765 g/mol. The Morgan fingerprint density at radius 1 is 0.444 bits per heavy atom. The molecule has 0 amide bonds. The third-order valence-corrected chi connectivity index (χ3v) is 12.4. The lowest BCUT2D eigenvalue weighted by Crippen LogP contribution is -2.22. The monoisotopic (exact) mass is 808 g/mol. The molecule has 0 aliphatic heterocycles. The second-order valence-electron chi connectivity index (χ2n) is 16.1. The van der Waals surface area contributed by atoms with Crippen molar-refractivity contribution in [1.29, 1.82) is 0 Å². The van der Waals surface area contributed by atoms with E-state index < -0.39 is 0 Å². The fourth-order valence-electron chi connectivity index (χ4n) is 9.23. The van der Waals surface area contributed by atoms with Gasteiger partial charge in [-0.3, -0.25) is 0 Å². The highest BCUT2D eigenvalue weighted by Gasteiger charge is 2.18. The van der Waals surface area contributed by atoms with Crippen LogP contribution in [0.15, 0.2) is 229 Å². The molecule has 63 heavy (non-hydrogen) atoms. The van der Waals surface area contributed by atoms with Gasteiger partial charge in [-0.2, -0.15) is 0 Å². The largest absolute Gasteiger partial charge is 0.455 e. The molecule has 11 rings (SSSR count). The number of fused-ring (bicyclic) bond motifs is 4. The minimum atomic E-state index is 0.888. The van der Waals surface area contributed by atoms with E-state index in [1.165, 1.54) is 44.1 Å². The van der Waals surface area contributed by atoms with Crippen molar-refractivity contribution in [3.63, 3.8) is 0 Å². The molecule has 3 nitrogen and oxygen atoms in total. The van der Waals surface area contributed by atoms with E-state index in [1.54, 1.807) is 0 Å².